The fourth-order valence-electron chi connectivity index (χ4n) is 2.13. The molecular formula is C17H23N3O4S2. The summed E-state index contributed by atoms with van der Waals surface area (Å²) in [6, 6.07) is 9.42. The molecule has 0 spiro atoms. The lowest BCUT2D eigenvalue weighted by Gasteiger charge is -2.27. The van der Waals surface area contributed by atoms with Crippen LogP contribution in [-0.2, 0) is 20.0 Å². The van der Waals surface area contributed by atoms with Crippen LogP contribution in [0.4, 0.5) is 5.69 Å². The highest BCUT2D eigenvalue weighted by molar-refractivity contribution is 8.09. The van der Waals surface area contributed by atoms with Crippen molar-refractivity contribution in [3.8, 4) is 6.07 Å². The molecule has 0 radical (unpaired) electrons. The summed E-state index contributed by atoms with van der Waals surface area (Å²) in [7, 11) is -6.51. The van der Waals surface area contributed by atoms with Crippen molar-refractivity contribution in [3.63, 3.8) is 0 Å². The van der Waals surface area contributed by atoms with Crippen molar-refractivity contribution in [2.45, 2.75) is 24.9 Å². The second kappa shape index (κ2) is 8.87. The summed E-state index contributed by atoms with van der Waals surface area (Å²) in [6.45, 7) is 3.52. The largest absolute Gasteiger partial charge is 0.285 e. The number of nitrogens with zero attached hydrogens (tertiary/aromatic N) is 3. The van der Waals surface area contributed by atoms with Crippen LogP contribution < -0.4 is 4.31 Å². The molecule has 0 saturated carbocycles. The van der Waals surface area contributed by atoms with E-state index in [1.54, 1.807) is 37.3 Å². The van der Waals surface area contributed by atoms with Gasteiger partial charge in [0.2, 0.25) is 0 Å². The van der Waals surface area contributed by atoms with Gasteiger partial charge in [-0.3, -0.25) is 8.61 Å². The normalized spacial score (nSPS) is 14.0. The average Bonchev–Trinajstić information content (AvgIpc) is 2.62. The van der Waals surface area contributed by atoms with Gasteiger partial charge < -0.3 is 0 Å². The molecule has 0 aliphatic carbocycles. The van der Waals surface area contributed by atoms with Crippen molar-refractivity contribution < 1.29 is 16.8 Å². The highest BCUT2D eigenvalue weighted by Gasteiger charge is 2.43. The number of para-hydroxylation sites is 1. The maximum atomic E-state index is 12.8. The molecule has 9 heteroatoms. The van der Waals surface area contributed by atoms with E-state index in [0.717, 1.165) is 8.61 Å². The summed E-state index contributed by atoms with van der Waals surface area (Å²) < 4.78 is 50.6. The van der Waals surface area contributed by atoms with Gasteiger partial charge in [-0.05, 0) is 31.6 Å². The molecule has 0 aliphatic rings. The van der Waals surface area contributed by atoms with E-state index in [0.29, 0.717) is 6.42 Å². The Hall–Kier alpha value is -2.31. The molecule has 0 bridgehead atoms. The Morgan fingerprint density at radius 2 is 1.73 bits per heavy atom. The van der Waals surface area contributed by atoms with Gasteiger partial charge in [0.15, 0.2) is 0 Å². The van der Waals surface area contributed by atoms with Crippen molar-refractivity contribution in [3.05, 3.63) is 54.3 Å². The quantitative estimate of drug-likeness (QED) is 0.627. The Labute approximate surface area is 156 Å². The van der Waals surface area contributed by atoms with Crippen molar-refractivity contribution in [1.82, 2.24) is 4.31 Å². The van der Waals surface area contributed by atoms with Gasteiger partial charge >= 0.3 is 0 Å². The number of allylic oxidation sites excluding steroid dienone is 3. The standard InChI is InChI=1S/C17H23N3O4S2/c1-5-7-11-15(6-2)19(3)25(21,22)17(14-18)26(23,24)20(4)16-12-9-8-10-13-16/h6-13,17H,5H2,1-4H3/b11-7-,15-6+. The van der Waals surface area contributed by atoms with E-state index in [-0.39, 0.29) is 11.4 Å². The molecule has 7 nitrogen and oxygen atoms in total. The predicted molar refractivity (Wildman–Crippen MR) is 103 cm³/mol. The average molecular weight is 398 g/mol. The van der Waals surface area contributed by atoms with Crippen molar-refractivity contribution in [2.24, 2.45) is 0 Å². The third kappa shape index (κ3) is 4.45. The molecule has 26 heavy (non-hydrogen) atoms. The Morgan fingerprint density at radius 1 is 1.15 bits per heavy atom. The SMILES string of the molecule is C/C=C(\C=C/CC)N(C)S(=O)(=O)C(C#N)S(=O)(=O)N(C)c1ccccc1. The number of hydrogen-bond donors (Lipinski definition) is 0. The molecule has 1 atom stereocenters. The molecule has 0 fully saturated rings. The van der Waals surface area contributed by atoms with Crippen LogP contribution in [0.3, 0.4) is 0 Å². The van der Waals surface area contributed by atoms with Crippen LogP contribution in [0.5, 0.6) is 0 Å². The molecule has 0 N–H and O–H groups in total. The lowest BCUT2D eigenvalue weighted by atomic mass is 10.3. The van der Waals surface area contributed by atoms with E-state index in [9.17, 15) is 22.1 Å². The predicted octanol–water partition coefficient (Wildman–Crippen LogP) is 2.43. The van der Waals surface area contributed by atoms with E-state index < -0.39 is 24.6 Å². The molecule has 0 heterocycles. The Balaban J connectivity index is 3.36. The van der Waals surface area contributed by atoms with Gasteiger partial charge in [-0.15, -0.1) is 0 Å². The maximum absolute atomic E-state index is 12.8. The second-order valence-corrected chi connectivity index (χ2v) is 9.74. The molecule has 142 valence electrons. The molecule has 1 unspecified atom stereocenters. The number of hydrogen-bond acceptors (Lipinski definition) is 5. The second-order valence-electron chi connectivity index (χ2n) is 5.35. The van der Waals surface area contributed by atoms with E-state index in [2.05, 4.69) is 0 Å². The highest BCUT2D eigenvalue weighted by Crippen LogP contribution is 2.24. The summed E-state index contributed by atoms with van der Waals surface area (Å²) in [5, 5.41) is 9.37. The van der Waals surface area contributed by atoms with Gasteiger partial charge in [-0.25, -0.2) is 16.8 Å². The summed E-state index contributed by atoms with van der Waals surface area (Å²) >= 11 is 0. The number of sulfonamides is 2. The number of anilines is 1. The van der Waals surface area contributed by atoms with Crippen molar-refractivity contribution >= 4 is 25.7 Å². The van der Waals surface area contributed by atoms with Gasteiger partial charge in [0.1, 0.15) is 6.07 Å². The minimum Gasteiger partial charge on any atom is -0.272 e. The minimum atomic E-state index is -4.48. The summed E-state index contributed by atoms with van der Waals surface area (Å²) in [6.07, 6.45) is 5.53. The molecule has 1 aromatic rings. The molecule has 1 rings (SSSR count). The van der Waals surface area contributed by atoms with E-state index in [4.69, 9.17) is 0 Å². The van der Waals surface area contributed by atoms with E-state index in [1.807, 2.05) is 6.92 Å². The maximum Gasteiger partial charge on any atom is 0.285 e. The summed E-state index contributed by atoms with van der Waals surface area (Å²) in [5.74, 6) is 0. The molecule has 0 saturated heterocycles. The lowest BCUT2D eigenvalue weighted by Crippen LogP contribution is -2.45. The minimum absolute atomic E-state index is 0.266. The zero-order valence-corrected chi connectivity index (χ0v) is 16.8. The van der Waals surface area contributed by atoms with Gasteiger partial charge in [-0.1, -0.05) is 37.3 Å². The van der Waals surface area contributed by atoms with E-state index in [1.165, 1.54) is 38.4 Å². The number of nitriles is 1. The van der Waals surface area contributed by atoms with Crippen molar-refractivity contribution in [1.29, 1.82) is 5.26 Å². The Bertz CT molecular complexity index is 915. The summed E-state index contributed by atoms with van der Waals surface area (Å²) in [5.41, 5.74) is 0.549. The number of benzene rings is 1. The monoisotopic (exact) mass is 397 g/mol. The fraction of sp³-hybridized carbons (Fsp3) is 0.353. The zero-order chi connectivity index (χ0) is 20.0. The van der Waals surface area contributed by atoms with Gasteiger partial charge in [0, 0.05) is 19.8 Å². The van der Waals surface area contributed by atoms with Crippen LogP contribution in [0.2, 0.25) is 0 Å². The molecule has 0 aliphatic heterocycles. The van der Waals surface area contributed by atoms with Crippen LogP contribution in [0.15, 0.2) is 54.3 Å². The van der Waals surface area contributed by atoms with E-state index >= 15 is 0 Å². The first kappa shape index (κ1) is 21.7. The number of likely N-dealkylation sites (N-methyl/N-ethyl adjacent to an activating group) is 1. The number of rotatable bonds is 8. The Morgan fingerprint density at radius 3 is 2.19 bits per heavy atom. The van der Waals surface area contributed by atoms with Crippen LogP contribution in [0, 0.1) is 11.3 Å². The smallest absolute Gasteiger partial charge is 0.272 e. The van der Waals surface area contributed by atoms with Crippen LogP contribution in [0.1, 0.15) is 20.3 Å². The van der Waals surface area contributed by atoms with Crippen LogP contribution in [-0.4, -0.2) is 39.8 Å². The Kier molecular flexibility index (Phi) is 7.41. The highest BCUT2D eigenvalue weighted by atomic mass is 32.3. The fourth-order valence-corrected chi connectivity index (χ4v) is 5.85. The zero-order valence-electron chi connectivity index (χ0n) is 15.2. The molecule has 1 aromatic carbocycles. The van der Waals surface area contributed by atoms with Crippen LogP contribution in [0.25, 0.3) is 0 Å². The van der Waals surface area contributed by atoms with Gasteiger partial charge in [0.05, 0.1) is 5.69 Å². The lowest BCUT2D eigenvalue weighted by molar-refractivity contribution is 0.526. The molecule has 0 amide bonds. The van der Waals surface area contributed by atoms with Crippen molar-refractivity contribution in [2.75, 3.05) is 18.4 Å². The third-order valence-corrected chi connectivity index (χ3v) is 8.41. The van der Waals surface area contributed by atoms with Gasteiger partial charge in [0.25, 0.3) is 24.6 Å². The van der Waals surface area contributed by atoms with Crippen LogP contribution >= 0.6 is 0 Å². The first-order chi connectivity index (χ1) is 12.1. The topological polar surface area (TPSA) is 98.5 Å². The van der Waals surface area contributed by atoms with Gasteiger partial charge in [-0.2, -0.15) is 5.26 Å². The molecule has 0 aromatic heterocycles. The summed E-state index contributed by atoms with van der Waals surface area (Å²) in [4.78, 5) is 0. The first-order valence-electron chi connectivity index (χ1n) is 7.87. The first-order valence-corrected chi connectivity index (χ1v) is 10.9. The molecular weight excluding hydrogens is 374 g/mol. The third-order valence-electron chi connectivity index (χ3n) is 3.71.